The molecule has 1 aromatic carbocycles. The van der Waals surface area contributed by atoms with Crippen molar-refractivity contribution in [2.45, 2.75) is 20.3 Å². The van der Waals surface area contributed by atoms with Crippen molar-refractivity contribution in [1.29, 1.82) is 0 Å². The number of nitrogens with one attached hydrogen (secondary N) is 1. The van der Waals surface area contributed by atoms with Gasteiger partial charge in [0.05, 0.1) is 17.8 Å². The van der Waals surface area contributed by atoms with E-state index < -0.39 is 5.97 Å². The van der Waals surface area contributed by atoms with E-state index >= 15 is 0 Å². The van der Waals surface area contributed by atoms with Crippen molar-refractivity contribution in [2.75, 3.05) is 39.1 Å². The summed E-state index contributed by atoms with van der Waals surface area (Å²) in [7, 11) is 3.25. The fourth-order valence-electron chi connectivity index (χ4n) is 2.40. The maximum atomic E-state index is 11.4. The first kappa shape index (κ1) is 17.6. The van der Waals surface area contributed by atoms with Crippen LogP contribution in [0.2, 0.25) is 5.02 Å². The van der Waals surface area contributed by atoms with E-state index in [2.05, 4.69) is 24.1 Å². The number of ether oxygens (including phenoxy) is 1. The van der Waals surface area contributed by atoms with Gasteiger partial charge in [-0.05, 0) is 25.6 Å². The Morgan fingerprint density at radius 3 is 2.48 bits per heavy atom. The average Bonchev–Trinajstić information content (AvgIpc) is 2.47. The van der Waals surface area contributed by atoms with Crippen molar-refractivity contribution in [3.8, 4) is 5.75 Å². The molecule has 2 N–H and O–H groups in total. The molecule has 0 amide bonds. The lowest BCUT2D eigenvalue weighted by atomic mass is 10.0. The maximum absolute atomic E-state index is 11.4. The van der Waals surface area contributed by atoms with E-state index in [-0.39, 0.29) is 5.56 Å². The summed E-state index contributed by atoms with van der Waals surface area (Å²) in [5.41, 5.74) is 1.62. The molecule has 0 spiro atoms. The summed E-state index contributed by atoms with van der Waals surface area (Å²) in [4.78, 5) is 13.6. The number of carboxylic acid groups (broad SMARTS) is 1. The SMILES string of the molecule is CCN(CC)CCc1c(NC)c(Cl)cc(C(=O)O)c1OC. The molecule has 6 heteroatoms. The monoisotopic (exact) mass is 314 g/mol. The molecule has 1 rings (SSSR count). The molecular formula is C15H23ClN2O3. The van der Waals surface area contributed by atoms with Gasteiger partial charge in [0.1, 0.15) is 11.3 Å². The molecule has 1 aromatic rings. The van der Waals surface area contributed by atoms with Crippen LogP contribution in [0.25, 0.3) is 0 Å². The molecule has 5 nitrogen and oxygen atoms in total. The van der Waals surface area contributed by atoms with Crippen LogP contribution in [0, 0.1) is 0 Å². The molecule has 0 heterocycles. The number of anilines is 1. The van der Waals surface area contributed by atoms with E-state index in [0.717, 1.165) is 30.9 Å². The fraction of sp³-hybridized carbons (Fsp3) is 0.533. The Labute approximate surface area is 130 Å². The van der Waals surface area contributed by atoms with Gasteiger partial charge in [0, 0.05) is 19.2 Å². The molecule has 0 aliphatic heterocycles. The number of methoxy groups -OCH3 is 1. The smallest absolute Gasteiger partial charge is 0.339 e. The number of carbonyl (C=O) groups is 1. The zero-order valence-corrected chi connectivity index (χ0v) is 13.8. The highest BCUT2D eigenvalue weighted by molar-refractivity contribution is 6.34. The Bertz CT molecular complexity index is 502. The summed E-state index contributed by atoms with van der Waals surface area (Å²) in [6.45, 7) is 6.90. The summed E-state index contributed by atoms with van der Waals surface area (Å²) < 4.78 is 5.34. The lowest BCUT2D eigenvalue weighted by molar-refractivity contribution is 0.0693. The molecule has 0 saturated carbocycles. The molecule has 0 radical (unpaired) electrons. The van der Waals surface area contributed by atoms with Crippen molar-refractivity contribution in [1.82, 2.24) is 4.90 Å². The molecule has 0 unspecified atom stereocenters. The second-order valence-electron chi connectivity index (χ2n) is 4.62. The van der Waals surface area contributed by atoms with Gasteiger partial charge in [-0.25, -0.2) is 4.79 Å². The van der Waals surface area contributed by atoms with E-state index in [1.807, 2.05) is 0 Å². The Hall–Kier alpha value is -1.46. The van der Waals surface area contributed by atoms with Gasteiger partial charge in [0.15, 0.2) is 0 Å². The molecule has 0 bridgehead atoms. The lowest BCUT2D eigenvalue weighted by Crippen LogP contribution is -2.25. The van der Waals surface area contributed by atoms with E-state index in [1.54, 1.807) is 7.05 Å². The molecular weight excluding hydrogens is 292 g/mol. The van der Waals surface area contributed by atoms with Crippen LogP contribution < -0.4 is 10.1 Å². The molecule has 0 aromatic heterocycles. The molecule has 21 heavy (non-hydrogen) atoms. The number of benzene rings is 1. The number of nitrogens with zero attached hydrogens (tertiary/aromatic N) is 1. The topological polar surface area (TPSA) is 61.8 Å². The van der Waals surface area contributed by atoms with Crippen LogP contribution in [0.5, 0.6) is 5.75 Å². The van der Waals surface area contributed by atoms with Crippen molar-refractivity contribution < 1.29 is 14.6 Å². The highest BCUT2D eigenvalue weighted by atomic mass is 35.5. The first-order valence-electron chi connectivity index (χ1n) is 7.02. The fourth-order valence-corrected chi connectivity index (χ4v) is 2.71. The van der Waals surface area contributed by atoms with E-state index in [1.165, 1.54) is 13.2 Å². The zero-order chi connectivity index (χ0) is 16.0. The average molecular weight is 315 g/mol. The minimum Gasteiger partial charge on any atom is -0.495 e. The molecule has 0 atom stereocenters. The van der Waals surface area contributed by atoms with Gasteiger partial charge in [-0.3, -0.25) is 0 Å². The van der Waals surface area contributed by atoms with Crippen LogP contribution in [0.3, 0.4) is 0 Å². The maximum Gasteiger partial charge on any atom is 0.339 e. The summed E-state index contributed by atoms with van der Waals surface area (Å²) in [6.07, 6.45) is 0.669. The normalized spacial score (nSPS) is 10.8. The van der Waals surface area contributed by atoms with Crippen LogP contribution >= 0.6 is 11.6 Å². The number of likely N-dealkylation sites (N-methyl/N-ethyl adjacent to an activating group) is 1. The first-order chi connectivity index (χ1) is 9.99. The van der Waals surface area contributed by atoms with Crippen molar-refractivity contribution >= 4 is 23.3 Å². The minimum absolute atomic E-state index is 0.0936. The Morgan fingerprint density at radius 1 is 1.43 bits per heavy atom. The lowest BCUT2D eigenvalue weighted by Gasteiger charge is -2.21. The first-order valence-corrected chi connectivity index (χ1v) is 7.40. The van der Waals surface area contributed by atoms with Gasteiger partial charge in [-0.1, -0.05) is 25.4 Å². The van der Waals surface area contributed by atoms with Crippen LogP contribution in [-0.2, 0) is 6.42 Å². The molecule has 0 fully saturated rings. The van der Waals surface area contributed by atoms with Crippen molar-refractivity contribution in [3.63, 3.8) is 0 Å². The number of hydrogen-bond donors (Lipinski definition) is 2. The van der Waals surface area contributed by atoms with E-state index in [4.69, 9.17) is 16.3 Å². The summed E-state index contributed by atoms with van der Waals surface area (Å²) in [5.74, 6) is -0.663. The standard InChI is InChI=1S/C15H23ClN2O3/c1-5-18(6-2)8-7-10-13(17-3)12(16)9-11(15(19)20)14(10)21-4/h9,17H,5-8H2,1-4H3,(H,19,20). The van der Waals surface area contributed by atoms with Gasteiger partial charge in [0.25, 0.3) is 0 Å². The predicted octanol–water partition coefficient (Wildman–Crippen LogP) is 2.97. The third-order valence-electron chi connectivity index (χ3n) is 3.59. The van der Waals surface area contributed by atoms with Gasteiger partial charge in [-0.15, -0.1) is 0 Å². The molecule has 0 saturated heterocycles. The third kappa shape index (κ3) is 4.02. The van der Waals surface area contributed by atoms with E-state index in [0.29, 0.717) is 17.2 Å². The van der Waals surface area contributed by atoms with E-state index in [9.17, 15) is 9.90 Å². The predicted molar refractivity (Wildman–Crippen MR) is 86.0 cm³/mol. The number of halogens is 1. The van der Waals surface area contributed by atoms with Crippen molar-refractivity contribution in [3.05, 3.63) is 22.2 Å². The van der Waals surface area contributed by atoms with Crippen LogP contribution in [-0.4, -0.2) is 49.8 Å². The number of carboxylic acids is 1. The Balaban J connectivity index is 3.27. The van der Waals surface area contributed by atoms with Crippen LogP contribution in [0.4, 0.5) is 5.69 Å². The van der Waals surface area contributed by atoms with Crippen LogP contribution in [0.1, 0.15) is 29.8 Å². The van der Waals surface area contributed by atoms with Gasteiger partial charge < -0.3 is 20.1 Å². The second-order valence-corrected chi connectivity index (χ2v) is 5.03. The number of hydrogen-bond acceptors (Lipinski definition) is 4. The highest BCUT2D eigenvalue weighted by Crippen LogP contribution is 2.37. The molecule has 0 aliphatic carbocycles. The third-order valence-corrected chi connectivity index (χ3v) is 3.89. The van der Waals surface area contributed by atoms with Gasteiger partial charge in [0.2, 0.25) is 0 Å². The Morgan fingerprint density at radius 2 is 2.05 bits per heavy atom. The van der Waals surface area contributed by atoms with Crippen molar-refractivity contribution in [2.24, 2.45) is 0 Å². The summed E-state index contributed by atoms with van der Waals surface area (Å²) in [6, 6.07) is 1.43. The highest BCUT2D eigenvalue weighted by Gasteiger charge is 2.21. The second kappa shape index (κ2) is 8.10. The van der Waals surface area contributed by atoms with Gasteiger partial charge >= 0.3 is 5.97 Å². The molecule has 0 aliphatic rings. The zero-order valence-electron chi connectivity index (χ0n) is 13.0. The number of rotatable bonds is 8. The summed E-state index contributed by atoms with van der Waals surface area (Å²) in [5, 5.41) is 12.7. The largest absolute Gasteiger partial charge is 0.495 e. The molecule has 118 valence electrons. The minimum atomic E-state index is -1.04. The Kier molecular flexibility index (Phi) is 6.78. The van der Waals surface area contributed by atoms with Crippen LogP contribution in [0.15, 0.2) is 6.07 Å². The number of aromatic carboxylic acids is 1. The quantitative estimate of drug-likeness (QED) is 0.772. The summed E-state index contributed by atoms with van der Waals surface area (Å²) >= 11 is 6.20. The van der Waals surface area contributed by atoms with Gasteiger partial charge in [-0.2, -0.15) is 0 Å².